The van der Waals surface area contributed by atoms with Crippen LogP contribution in [0.15, 0.2) is 54.6 Å². The molecular weight excluding hydrogens is 218 g/mol. The van der Waals surface area contributed by atoms with Crippen molar-refractivity contribution in [1.29, 1.82) is 0 Å². The topological polar surface area (TPSA) is 0 Å². The van der Waals surface area contributed by atoms with Gasteiger partial charge in [-0.3, -0.25) is 0 Å². The average molecular weight is 232 g/mol. The largest absolute Gasteiger partial charge is 0.266 e. The number of hydrogen-bond acceptors (Lipinski definition) is 0. The van der Waals surface area contributed by atoms with Gasteiger partial charge >= 0.3 is 0 Å². The molecule has 1 unspecified atom stereocenters. The molecule has 2 aromatic carbocycles. The molecule has 88 valence electrons. The molecule has 1 atom stereocenters. The summed E-state index contributed by atoms with van der Waals surface area (Å²) in [7, 11) is 0. The Morgan fingerprint density at radius 3 is 2.53 bits per heavy atom. The SMILES string of the molecule is CC(CC=C(F)F)c1ccc2ccccc2c1. The highest BCUT2D eigenvalue weighted by Gasteiger charge is 2.05. The zero-order valence-electron chi connectivity index (χ0n) is 9.66. The molecular formula is C15H14F2. The van der Waals surface area contributed by atoms with E-state index in [-0.39, 0.29) is 5.92 Å². The third-order valence-corrected chi connectivity index (χ3v) is 2.97. The van der Waals surface area contributed by atoms with E-state index in [1.807, 2.05) is 43.3 Å². The smallest absolute Gasteiger partial charge is 0.174 e. The molecule has 0 radical (unpaired) electrons. The van der Waals surface area contributed by atoms with Crippen molar-refractivity contribution in [3.63, 3.8) is 0 Å². The second kappa shape index (κ2) is 5.09. The third kappa shape index (κ3) is 2.90. The Labute approximate surface area is 99.6 Å². The van der Waals surface area contributed by atoms with E-state index < -0.39 is 6.08 Å². The van der Waals surface area contributed by atoms with Crippen LogP contribution in [0.1, 0.15) is 24.8 Å². The van der Waals surface area contributed by atoms with Crippen LogP contribution in [0.3, 0.4) is 0 Å². The summed E-state index contributed by atoms with van der Waals surface area (Å²) in [6.45, 7) is 1.96. The zero-order valence-corrected chi connectivity index (χ0v) is 9.66. The molecule has 2 heteroatoms. The second-order valence-electron chi connectivity index (χ2n) is 4.24. The molecule has 0 bridgehead atoms. The van der Waals surface area contributed by atoms with E-state index in [1.54, 1.807) is 0 Å². The van der Waals surface area contributed by atoms with Gasteiger partial charge in [0.05, 0.1) is 0 Å². The first-order valence-electron chi connectivity index (χ1n) is 5.66. The van der Waals surface area contributed by atoms with E-state index in [4.69, 9.17) is 0 Å². The van der Waals surface area contributed by atoms with Gasteiger partial charge in [-0.05, 0) is 34.8 Å². The van der Waals surface area contributed by atoms with Crippen LogP contribution in [0.25, 0.3) is 10.8 Å². The van der Waals surface area contributed by atoms with E-state index in [0.29, 0.717) is 6.42 Å². The van der Waals surface area contributed by atoms with E-state index >= 15 is 0 Å². The molecule has 17 heavy (non-hydrogen) atoms. The molecule has 0 saturated carbocycles. The van der Waals surface area contributed by atoms with Crippen molar-refractivity contribution in [2.75, 3.05) is 0 Å². The minimum absolute atomic E-state index is 0.112. The lowest BCUT2D eigenvalue weighted by Crippen LogP contribution is -1.91. The number of hydrogen-bond donors (Lipinski definition) is 0. The Hall–Kier alpha value is -1.70. The number of benzene rings is 2. The van der Waals surface area contributed by atoms with Crippen molar-refractivity contribution in [2.45, 2.75) is 19.3 Å². The van der Waals surface area contributed by atoms with Gasteiger partial charge in [-0.2, -0.15) is 8.78 Å². The van der Waals surface area contributed by atoms with E-state index in [1.165, 1.54) is 5.39 Å². The lowest BCUT2D eigenvalue weighted by atomic mass is 9.95. The fourth-order valence-corrected chi connectivity index (χ4v) is 1.92. The first-order chi connectivity index (χ1) is 8.16. The quantitative estimate of drug-likeness (QED) is 0.689. The summed E-state index contributed by atoms with van der Waals surface area (Å²) in [5, 5.41) is 2.33. The fraction of sp³-hybridized carbons (Fsp3) is 0.200. The highest BCUT2D eigenvalue weighted by atomic mass is 19.3. The van der Waals surface area contributed by atoms with Crippen LogP contribution in [0.2, 0.25) is 0 Å². The van der Waals surface area contributed by atoms with Gasteiger partial charge < -0.3 is 0 Å². The van der Waals surface area contributed by atoms with Crippen LogP contribution in [-0.4, -0.2) is 0 Å². The molecule has 0 N–H and O–H groups in total. The first-order valence-corrected chi connectivity index (χ1v) is 5.66. The second-order valence-corrected chi connectivity index (χ2v) is 4.24. The minimum Gasteiger partial charge on any atom is -0.174 e. The highest BCUT2D eigenvalue weighted by Crippen LogP contribution is 2.24. The van der Waals surface area contributed by atoms with E-state index in [9.17, 15) is 8.78 Å². The first kappa shape index (κ1) is 11.8. The van der Waals surface area contributed by atoms with Crippen molar-refractivity contribution in [1.82, 2.24) is 0 Å². The predicted octanol–water partition coefficient (Wildman–Crippen LogP) is 5.11. The van der Waals surface area contributed by atoms with Gasteiger partial charge in [-0.1, -0.05) is 49.4 Å². The molecule has 0 saturated heterocycles. The van der Waals surface area contributed by atoms with Crippen molar-refractivity contribution in [2.24, 2.45) is 0 Å². The molecule has 0 fully saturated rings. The normalized spacial score (nSPS) is 12.4. The van der Waals surface area contributed by atoms with Crippen LogP contribution < -0.4 is 0 Å². The molecule has 0 aliphatic heterocycles. The van der Waals surface area contributed by atoms with Gasteiger partial charge in [0.15, 0.2) is 0 Å². The summed E-state index contributed by atoms with van der Waals surface area (Å²) in [6, 6.07) is 14.2. The molecule has 0 aliphatic carbocycles. The third-order valence-electron chi connectivity index (χ3n) is 2.97. The average Bonchev–Trinajstić information content (AvgIpc) is 2.35. The van der Waals surface area contributed by atoms with Gasteiger partial charge in [0, 0.05) is 0 Å². The summed E-state index contributed by atoms with van der Waals surface area (Å²) in [5.74, 6) is 0.112. The number of fused-ring (bicyclic) bond motifs is 1. The predicted molar refractivity (Wildman–Crippen MR) is 67.3 cm³/mol. The highest BCUT2D eigenvalue weighted by molar-refractivity contribution is 5.83. The zero-order chi connectivity index (χ0) is 12.3. The van der Waals surface area contributed by atoms with Crippen molar-refractivity contribution in [3.05, 3.63) is 60.2 Å². The maximum Gasteiger partial charge on any atom is 0.266 e. The molecule has 0 nitrogen and oxygen atoms in total. The summed E-state index contributed by atoms with van der Waals surface area (Å²) >= 11 is 0. The Morgan fingerprint density at radius 1 is 1.12 bits per heavy atom. The molecule has 0 amide bonds. The summed E-state index contributed by atoms with van der Waals surface area (Å²) in [5.41, 5.74) is 1.10. The van der Waals surface area contributed by atoms with E-state index in [0.717, 1.165) is 17.0 Å². The fourth-order valence-electron chi connectivity index (χ4n) is 1.92. The lowest BCUT2D eigenvalue weighted by Gasteiger charge is -2.10. The van der Waals surface area contributed by atoms with Gasteiger partial charge in [-0.15, -0.1) is 0 Å². The summed E-state index contributed by atoms with van der Waals surface area (Å²) in [4.78, 5) is 0. The number of halogens is 2. The van der Waals surface area contributed by atoms with Crippen LogP contribution in [-0.2, 0) is 0 Å². The van der Waals surface area contributed by atoms with Gasteiger partial charge in [0.2, 0.25) is 0 Å². The van der Waals surface area contributed by atoms with Gasteiger partial charge in [0.25, 0.3) is 6.08 Å². The minimum atomic E-state index is -1.60. The van der Waals surface area contributed by atoms with Gasteiger partial charge in [-0.25, -0.2) is 0 Å². The molecule has 2 rings (SSSR count). The Balaban J connectivity index is 2.26. The van der Waals surface area contributed by atoms with Gasteiger partial charge in [0.1, 0.15) is 0 Å². The van der Waals surface area contributed by atoms with Crippen molar-refractivity contribution in [3.8, 4) is 0 Å². The van der Waals surface area contributed by atoms with Crippen molar-refractivity contribution >= 4 is 10.8 Å². The monoisotopic (exact) mass is 232 g/mol. The number of allylic oxidation sites excluding steroid dienone is 1. The maximum atomic E-state index is 12.0. The van der Waals surface area contributed by atoms with Crippen molar-refractivity contribution < 1.29 is 8.78 Å². The molecule has 0 aliphatic rings. The Bertz CT molecular complexity index is 539. The Kier molecular flexibility index (Phi) is 3.52. The Morgan fingerprint density at radius 2 is 1.82 bits per heavy atom. The number of rotatable bonds is 3. The van der Waals surface area contributed by atoms with Crippen LogP contribution in [0.4, 0.5) is 8.78 Å². The van der Waals surface area contributed by atoms with Crippen LogP contribution in [0, 0.1) is 0 Å². The molecule has 0 heterocycles. The van der Waals surface area contributed by atoms with Crippen LogP contribution >= 0.6 is 0 Å². The molecule has 0 aromatic heterocycles. The molecule has 0 spiro atoms. The van der Waals surface area contributed by atoms with E-state index in [2.05, 4.69) is 6.07 Å². The van der Waals surface area contributed by atoms with Crippen LogP contribution in [0.5, 0.6) is 0 Å². The summed E-state index contributed by atoms with van der Waals surface area (Å²) in [6.07, 6.45) is -0.238. The standard InChI is InChI=1S/C15H14F2/c1-11(6-9-15(16)17)13-8-7-12-4-2-3-5-14(12)10-13/h2-5,7-11H,6H2,1H3. The summed E-state index contributed by atoms with van der Waals surface area (Å²) < 4.78 is 24.0. The lowest BCUT2D eigenvalue weighted by molar-refractivity contribution is 0.416. The molecule has 2 aromatic rings. The maximum absolute atomic E-state index is 12.0.